The van der Waals surface area contributed by atoms with Gasteiger partial charge in [0.05, 0.1) is 34.5 Å². The number of amides is 2. The molecule has 0 aromatic heterocycles. The van der Waals surface area contributed by atoms with Crippen molar-refractivity contribution in [2.45, 2.75) is 20.3 Å². The number of nitrogens with zero attached hydrogens (tertiary/aromatic N) is 1. The van der Waals surface area contributed by atoms with E-state index in [0.29, 0.717) is 34.4 Å². The number of aryl methyl sites for hydroxylation is 2. The molecule has 3 rings (SSSR count). The third-order valence-electron chi connectivity index (χ3n) is 5.09. The molecule has 0 saturated carbocycles. The molecule has 5 nitrogen and oxygen atoms in total. The van der Waals surface area contributed by atoms with Crippen molar-refractivity contribution in [1.82, 2.24) is 4.90 Å². The van der Waals surface area contributed by atoms with Crippen molar-refractivity contribution < 1.29 is 9.59 Å². The Labute approximate surface area is 204 Å². The van der Waals surface area contributed by atoms with Gasteiger partial charge in [0.2, 0.25) is 11.8 Å². The van der Waals surface area contributed by atoms with Crippen LogP contribution in [0.25, 0.3) is 0 Å². The van der Waals surface area contributed by atoms with E-state index in [-0.39, 0.29) is 24.9 Å². The molecule has 0 unspecified atom stereocenters. The lowest BCUT2D eigenvalue weighted by molar-refractivity contribution is -0.120. The van der Waals surface area contributed by atoms with E-state index < -0.39 is 0 Å². The van der Waals surface area contributed by atoms with E-state index >= 15 is 0 Å². The van der Waals surface area contributed by atoms with E-state index in [1.807, 2.05) is 61.2 Å². The van der Waals surface area contributed by atoms with Gasteiger partial charge in [-0.3, -0.25) is 14.5 Å². The summed E-state index contributed by atoms with van der Waals surface area (Å²) in [6.07, 6.45) is 0.706. The molecule has 0 atom stereocenters. The molecular weight excluding hydrogens is 457 g/mol. The van der Waals surface area contributed by atoms with E-state index in [1.54, 1.807) is 24.3 Å². The zero-order valence-electron chi connectivity index (χ0n) is 18.7. The smallest absolute Gasteiger partial charge is 0.238 e. The number of carbonyl (C=O) groups is 2. The van der Waals surface area contributed by atoms with Crippen molar-refractivity contribution in [3.63, 3.8) is 0 Å². The topological polar surface area (TPSA) is 61.4 Å². The molecule has 3 aromatic rings. The molecule has 0 aliphatic heterocycles. The second-order valence-electron chi connectivity index (χ2n) is 8.01. The zero-order valence-corrected chi connectivity index (χ0v) is 20.2. The summed E-state index contributed by atoms with van der Waals surface area (Å²) in [6, 6.07) is 20.8. The maximum absolute atomic E-state index is 12.7. The standard InChI is InChI=1S/C26H27Cl2N3O2/c1-18-8-10-23(21(27)14-18)29-25(32)16-31(13-12-20-6-4-3-5-7-20)17-26(33)30-24-11-9-19(2)15-22(24)28/h3-11,14-15H,12-13,16-17H2,1-2H3,(H,29,32)(H,30,33). The molecule has 0 spiro atoms. The minimum atomic E-state index is -0.241. The van der Waals surface area contributed by atoms with Crippen LogP contribution in [-0.4, -0.2) is 36.3 Å². The molecule has 33 heavy (non-hydrogen) atoms. The minimum Gasteiger partial charge on any atom is -0.324 e. The average molecular weight is 484 g/mol. The van der Waals surface area contributed by atoms with Crippen molar-refractivity contribution in [2.24, 2.45) is 0 Å². The molecule has 0 heterocycles. The normalized spacial score (nSPS) is 10.8. The highest BCUT2D eigenvalue weighted by Gasteiger charge is 2.17. The van der Waals surface area contributed by atoms with Gasteiger partial charge in [0.1, 0.15) is 0 Å². The Morgan fingerprint density at radius 2 is 1.24 bits per heavy atom. The van der Waals surface area contributed by atoms with Gasteiger partial charge in [0.15, 0.2) is 0 Å². The van der Waals surface area contributed by atoms with Crippen molar-refractivity contribution in [2.75, 3.05) is 30.3 Å². The van der Waals surface area contributed by atoms with Crippen LogP contribution >= 0.6 is 23.2 Å². The van der Waals surface area contributed by atoms with Crippen LogP contribution in [0.5, 0.6) is 0 Å². The average Bonchev–Trinajstić information content (AvgIpc) is 2.77. The summed E-state index contributed by atoms with van der Waals surface area (Å²) in [5.74, 6) is -0.482. The van der Waals surface area contributed by atoms with Crippen LogP contribution in [0.2, 0.25) is 10.0 Å². The first kappa shape index (κ1) is 24.8. The Kier molecular flexibility index (Phi) is 8.89. The van der Waals surface area contributed by atoms with Gasteiger partial charge in [-0.05, 0) is 61.2 Å². The molecule has 0 saturated heterocycles. The molecule has 0 aliphatic carbocycles. The Balaban J connectivity index is 1.66. The van der Waals surface area contributed by atoms with Crippen LogP contribution in [-0.2, 0) is 16.0 Å². The quantitative estimate of drug-likeness (QED) is 0.408. The van der Waals surface area contributed by atoms with E-state index in [9.17, 15) is 9.59 Å². The van der Waals surface area contributed by atoms with Gasteiger partial charge in [0.25, 0.3) is 0 Å². The van der Waals surface area contributed by atoms with Crippen molar-refractivity contribution in [3.05, 3.63) is 93.5 Å². The van der Waals surface area contributed by atoms with Gasteiger partial charge in [-0.2, -0.15) is 0 Å². The molecule has 2 N–H and O–H groups in total. The van der Waals surface area contributed by atoms with Crippen LogP contribution in [0.15, 0.2) is 66.7 Å². The molecule has 0 radical (unpaired) electrons. The Morgan fingerprint density at radius 3 is 1.70 bits per heavy atom. The summed E-state index contributed by atoms with van der Waals surface area (Å²) in [5.41, 5.74) is 4.24. The molecule has 0 bridgehead atoms. The molecule has 2 amide bonds. The highest BCUT2D eigenvalue weighted by molar-refractivity contribution is 6.34. The number of nitrogens with one attached hydrogen (secondary N) is 2. The fourth-order valence-corrected chi connectivity index (χ4v) is 3.94. The number of halogens is 2. The molecule has 3 aromatic carbocycles. The number of anilines is 2. The predicted octanol–water partition coefficient (Wildman–Crippen LogP) is 5.73. The van der Waals surface area contributed by atoms with Crippen LogP contribution in [0.4, 0.5) is 11.4 Å². The molecule has 0 fully saturated rings. The van der Waals surface area contributed by atoms with Gasteiger partial charge in [-0.25, -0.2) is 0 Å². The summed E-state index contributed by atoms with van der Waals surface area (Å²) in [6.45, 7) is 4.50. The maximum atomic E-state index is 12.7. The van der Waals surface area contributed by atoms with Gasteiger partial charge in [-0.1, -0.05) is 65.7 Å². The summed E-state index contributed by atoms with van der Waals surface area (Å²) >= 11 is 12.5. The summed E-state index contributed by atoms with van der Waals surface area (Å²) in [7, 11) is 0. The molecule has 0 aliphatic rings. The SMILES string of the molecule is Cc1ccc(NC(=O)CN(CCc2ccccc2)CC(=O)Nc2ccc(C)cc2Cl)c(Cl)c1. The molecule has 172 valence electrons. The number of rotatable bonds is 9. The summed E-state index contributed by atoms with van der Waals surface area (Å²) < 4.78 is 0. The minimum absolute atomic E-state index is 0.0477. The van der Waals surface area contributed by atoms with Gasteiger partial charge in [-0.15, -0.1) is 0 Å². The Hall–Kier alpha value is -2.86. The number of hydrogen-bond acceptors (Lipinski definition) is 3. The third-order valence-corrected chi connectivity index (χ3v) is 5.72. The first-order valence-electron chi connectivity index (χ1n) is 10.7. The van der Waals surface area contributed by atoms with E-state index in [4.69, 9.17) is 23.2 Å². The van der Waals surface area contributed by atoms with Crippen molar-refractivity contribution >= 4 is 46.4 Å². The number of carbonyl (C=O) groups excluding carboxylic acids is 2. The zero-order chi connectivity index (χ0) is 23.8. The van der Waals surface area contributed by atoms with Crippen LogP contribution in [0.1, 0.15) is 16.7 Å². The lowest BCUT2D eigenvalue weighted by Crippen LogP contribution is -2.40. The number of benzene rings is 3. The van der Waals surface area contributed by atoms with E-state index in [1.165, 1.54) is 0 Å². The Morgan fingerprint density at radius 1 is 0.758 bits per heavy atom. The lowest BCUT2D eigenvalue weighted by Gasteiger charge is -2.22. The number of hydrogen-bond donors (Lipinski definition) is 2. The van der Waals surface area contributed by atoms with Gasteiger partial charge in [0, 0.05) is 6.54 Å². The van der Waals surface area contributed by atoms with Gasteiger partial charge >= 0.3 is 0 Å². The van der Waals surface area contributed by atoms with Crippen LogP contribution in [0.3, 0.4) is 0 Å². The maximum Gasteiger partial charge on any atom is 0.238 e. The van der Waals surface area contributed by atoms with Crippen molar-refractivity contribution in [1.29, 1.82) is 0 Å². The monoisotopic (exact) mass is 483 g/mol. The van der Waals surface area contributed by atoms with Crippen molar-refractivity contribution in [3.8, 4) is 0 Å². The van der Waals surface area contributed by atoms with E-state index in [2.05, 4.69) is 10.6 Å². The van der Waals surface area contributed by atoms with Crippen LogP contribution < -0.4 is 10.6 Å². The fourth-order valence-electron chi connectivity index (χ4n) is 3.37. The lowest BCUT2D eigenvalue weighted by atomic mass is 10.1. The highest BCUT2D eigenvalue weighted by Crippen LogP contribution is 2.23. The second-order valence-corrected chi connectivity index (χ2v) is 8.82. The second kappa shape index (κ2) is 11.8. The third kappa shape index (κ3) is 7.90. The summed E-state index contributed by atoms with van der Waals surface area (Å²) in [4.78, 5) is 27.3. The predicted molar refractivity (Wildman–Crippen MR) is 136 cm³/mol. The largest absolute Gasteiger partial charge is 0.324 e. The summed E-state index contributed by atoms with van der Waals surface area (Å²) in [5, 5.41) is 6.63. The first-order chi connectivity index (χ1) is 15.8. The van der Waals surface area contributed by atoms with Gasteiger partial charge < -0.3 is 10.6 Å². The molecular formula is C26H27Cl2N3O2. The van der Waals surface area contributed by atoms with Crippen LogP contribution in [0, 0.1) is 13.8 Å². The fraction of sp³-hybridized carbons (Fsp3) is 0.231. The molecule has 7 heteroatoms. The highest BCUT2D eigenvalue weighted by atomic mass is 35.5. The first-order valence-corrected chi connectivity index (χ1v) is 11.4. The Bertz CT molecular complexity index is 1050. The van der Waals surface area contributed by atoms with E-state index in [0.717, 1.165) is 16.7 Å².